The first-order valence-electron chi connectivity index (χ1n) is 9.58. The zero-order valence-electron chi connectivity index (χ0n) is 16.1. The topological polar surface area (TPSA) is 84.3 Å². The molecule has 1 N–H and O–H groups in total. The number of hydrogen-bond donors (Lipinski definition) is 1. The van der Waals surface area contributed by atoms with Gasteiger partial charge in [0.05, 0.1) is 23.4 Å². The third-order valence-corrected chi connectivity index (χ3v) is 5.57. The second-order valence-corrected chi connectivity index (χ2v) is 7.61. The van der Waals surface area contributed by atoms with E-state index in [0.29, 0.717) is 0 Å². The number of anilines is 1. The maximum atomic E-state index is 13.1. The van der Waals surface area contributed by atoms with E-state index in [1.54, 1.807) is 6.92 Å². The Morgan fingerprint density at radius 3 is 2.40 bits per heavy atom. The van der Waals surface area contributed by atoms with Gasteiger partial charge in [-0.1, -0.05) is 6.42 Å². The van der Waals surface area contributed by atoms with E-state index in [1.165, 1.54) is 27.9 Å². The standard InChI is InChI=1S/C20H19F3N4O3/c1-11-10-26(14-7-5-13(6-8-14)20(21,22)23)19(30)16-15(9-24-27(11)16)18(29)25-17(28)12-3-2-4-12/h5-9,11-12H,2-4,10H2,1H3,(H,25,28,29)/t11-/m0/s1. The molecule has 1 aromatic heterocycles. The number of fused-ring (bicyclic) bond motifs is 1. The summed E-state index contributed by atoms with van der Waals surface area (Å²) in [5.41, 5.74) is -0.559. The SMILES string of the molecule is C[C@H]1CN(c2ccc(C(F)(F)F)cc2)C(=O)c2c(C(=O)NC(=O)C3CCC3)cnn21. The largest absolute Gasteiger partial charge is 0.416 e. The molecule has 1 fully saturated rings. The number of benzene rings is 1. The normalized spacial score (nSPS) is 19.3. The molecule has 0 saturated heterocycles. The zero-order chi connectivity index (χ0) is 21.6. The van der Waals surface area contributed by atoms with Gasteiger partial charge < -0.3 is 4.90 Å². The van der Waals surface area contributed by atoms with Crippen LogP contribution in [0.1, 0.15) is 58.6 Å². The van der Waals surface area contributed by atoms with Gasteiger partial charge in [0.2, 0.25) is 5.91 Å². The van der Waals surface area contributed by atoms with Crippen LogP contribution in [0.5, 0.6) is 0 Å². The minimum Gasteiger partial charge on any atom is -0.305 e. The summed E-state index contributed by atoms with van der Waals surface area (Å²) >= 11 is 0. The summed E-state index contributed by atoms with van der Waals surface area (Å²) in [6.07, 6.45) is -0.850. The van der Waals surface area contributed by atoms with Gasteiger partial charge in [-0.15, -0.1) is 0 Å². The van der Waals surface area contributed by atoms with Crippen LogP contribution in [-0.4, -0.2) is 34.0 Å². The number of nitrogens with one attached hydrogen (secondary N) is 1. The van der Waals surface area contributed by atoms with Gasteiger partial charge in [0, 0.05) is 18.2 Å². The van der Waals surface area contributed by atoms with Crippen LogP contribution in [0.3, 0.4) is 0 Å². The Labute approximate surface area is 169 Å². The lowest BCUT2D eigenvalue weighted by Gasteiger charge is -2.32. The molecule has 2 aliphatic rings. The molecule has 1 aliphatic heterocycles. The minimum atomic E-state index is -4.48. The van der Waals surface area contributed by atoms with Crippen molar-refractivity contribution in [1.82, 2.24) is 15.1 Å². The van der Waals surface area contributed by atoms with E-state index in [9.17, 15) is 27.6 Å². The van der Waals surface area contributed by atoms with E-state index >= 15 is 0 Å². The van der Waals surface area contributed by atoms with Gasteiger partial charge in [-0.3, -0.25) is 24.4 Å². The average Bonchev–Trinajstić information content (AvgIpc) is 3.09. The third-order valence-electron chi connectivity index (χ3n) is 5.57. The highest BCUT2D eigenvalue weighted by molar-refractivity contribution is 6.15. The summed E-state index contributed by atoms with van der Waals surface area (Å²) in [5.74, 6) is -1.84. The van der Waals surface area contributed by atoms with Crippen LogP contribution in [0.25, 0.3) is 0 Å². The number of nitrogens with zero attached hydrogens (tertiary/aromatic N) is 3. The molecule has 2 heterocycles. The smallest absolute Gasteiger partial charge is 0.305 e. The predicted molar refractivity (Wildman–Crippen MR) is 99.9 cm³/mol. The predicted octanol–water partition coefficient (Wildman–Crippen LogP) is 3.18. The molecule has 4 rings (SSSR count). The van der Waals surface area contributed by atoms with Crippen LogP contribution in [0, 0.1) is 5.92 Å². The summed E-state index contributed by atoms with van der Waals surface area (Å²) < 4.78 is 39.9. The van der Waals surface area contributed by atoms with Crippen molar-refractivity contribution in [2.75, 3.05) is 11.4 Å². The molecule has 0 radical (unpaired) electrons. The summed E-state index contributed by atoms with van der Waals surface area (Å²) in [4.78, 5) is 39.1. The van der Waals surface area contributed by atoms with Crippen molar-refractivity contribution in [2.45, 2.75) is 38.4 Å². The molecule has 0 bridgehead atoms. The van der Waals surface area contributed by atoms with Gasteiger partial charge in [0.1, 0.15) is 5.69 Å². The summed E-state index contributed by atoms with van der Waals surface area (Å²) in [5, 5.41) is 6.44. The maximum Gasteiger partial charge on any atom is 0.416 e. The molecule has 1 aliphatic carbocycles. The van der Waals surface area contributed by atoms with Gasteiger partial charge in [0.25, 0.3) is 11.8 Å². The van der Waals surface area contributed by atoms with Crippen molar-refractivity contribution < 1.29 is 27.6 Å². The Kier molecular flexibility index (Phi) is 4.87. The number of amides is 3. The van der Waals surface area contributed by atoms with Gasteiger partial charge in [0.15, 0.2) is 0 Å². The first-order chi connectivity index (χ1) is 14.2. The second-order valence-electron chi connectivity index (χ2n) is 7.61. The van der Waals surface area contributed by atoms with Gasteiger partial charge >= 0.3 is 6.18 Å². The molecular formula is C20H19F3N4O3. The Morgan fingerprint density at radius 2 is 1.83 bits per heavy atom. The molecule has 1 atom stereocenters. The van der Waals surface area contributed by atoms with E-state index in [-0.39, 0.29) is 41.4 Å². The van der Waals surface area contributed by atoms with Crippen molar-refractivity contribution in [3.8, 4) is 0 Å². The van der Waals surface area contributed by atoms with Crippen LogP contribution in [0.4, 0.5) is 18.9 Å². The Hall–Kier alpha value is -3.17. The lowest BCUT2D eigenvalue weighted by Crippen LogP contribution is -2.44. The van der Waals surface area contributed by atoms with Crippen molar-refractivity contribution >= 4 is 23.4 Å². The second kappa shape index (κ2) is 7.26. The molecule has 3 amide bonds. The van der Waals surface area contributed by atoms with Gasteiger partial charge in [-0.25, -0.2) is 0 Å². The molecule has 1 aromatic carbocycles. The van der Waals surface area contributed by atoms with E-state index in [2.05, 4.69) is 10.4 Å². The Bertz CT molecular complexity index is 1010. The molecule has 1 saturated carbocycles. The quantitative estimate of drug-likeness (QED) is 0.773. The van der Waals surface area contributed by atoms with Gasteiger partial charge in [-0.2, -0.15) is 18.3 Å². The summed E-state index contributed by atoms with van der Waals surface area (Å²) in [6.45, 7) is 1.96. The maximum absolute atomic E-state index is 13.1. The highest BCUT2D eigenvalue weighted by atomic mass is 19.4. The number of aromatic nitrogens is 2. The van der Waals surface area contributed by atoms with Crippen molar-refractivity contribution in [3.05, 3.63) is 47.3 Å². The number of alkyl halides is 3. The van der Waals surface area contributed by atoms with Gasteiger partial charge in [-0.05, 0) is 44.0 Å². The van der Waals surface area contributed by atoms with Crippen LogP contribution in [0.15, 0.2) is 30.5 Å². The summed E-state index contributed by atoms with van der Waals surface area (Å²) in [7, 11) is 0. The molecule has 10 heteroatoms. The van der Waals surface area contributed by atoms with Crippen molar-refractivity contribution in [2.24, 2.45) is 5.92 Å². The van der Waals surface area contributed by atoms with Crippen LogP contribution >= 0.6 is 0 Å². The number of hydrogen-bond acceptors (Lipinski definition) is 4. The van der Waals surface area contributed by atoms with Crippen molar-refractivity contribution in [3.63, 3.8) is 0 Å². The number of carbonyl (C=O) groups is 3. The van der Waals surface area contributed by atoms with E-state index in [0.717, 1.165) is 31.4 Å². The first kappa shape index (κ1) is 20.1. The van der Waals surface area contributed by atoms with E-state index < -0.39 is 23.6 Å². The number of carbonyl (C=O) groups excluding carboxylic acids is 3. The molecule has 158 valence electrons. The molecule has 2 aromatic rings. The van der Waals surface area contributed by atoms with E-state index in [1.807, 2.05) is 0 Å². The molecule has 7 nitrogen and oxygen atoms in total. The minimum absolute atomic E-state index is 0.00700. The fourth-order valence-corrected chi connectivity index (χ4v) is 3.63. The van der Waals surface area contributed by atoms with E-state index in [4.69, 9.17) is 0 Å². The number of imide groups is 1. The van der Waals surface area contributed by atoms with Crippen LogP contribution in [-0.2, 0) is 11.0 Å². The fourth-order valence-electron chi connectivity index (χ4n) is 3.63. The molecular weight excluding hydrogens is 401 g/mol. The monoisotopic (exact) mass is 420 g/mol. The third kappa shape index (κ3) is 3.46. The number of rotatable bonds is 3. The highest BCUT2D eigenvalue weighted by Crippen LogP contribution is 2.33. The average molecular weight is 420 g/mol. The first-order valence-corrected chi connectivity index (χ1v) is 9.58. The lowest BCUT2D eigenvalue weighted by atomic mass is 9.85. The number of halogens is 3. The summed E-state index contributed by atoms with van der Waals surface area (Å²) in [6, 6.07) is 3.94. The van der Waals surface area contributed by atoms with Crippen molar-refractivity contribution in [1.29, 1.82) is 0 Å². The zero-order valence-corrected chi connectivity index (χ0v) is 16.1. The molecule has 30 heavy (non-hydrogen) atoms. The lowest BCUT2D eigenvalue weighted by molar-refractivity contribution is -0.137. The molecule has 0 unspecified atom stereocenters. The highest BCUT2D eigenvalue weighted by Gasteiger charge is 2.37. The van der Waals surface area contributed by atoms with Crippen LogP contribution in [0.2, 0.25) is 0 Å². The fraction of sp³-hybridized carbons (Fsp3) is 0.400. The Balaban J connectivity index is 1.61. The molecule has 0 spiro atoms. The Morgan fingerprint density at radius 1 is 1.17 bits per heavy atom. The van der Waals surface area contributed by atoms with Crippen LogP contribution < -0.4 is 10.2 Å².